The number of oxazole rings is 1. The summed E-state index contributed by atoms with van der Waals surface area (Å²) in [5.74, 6) is 1.50. The number of nitrogens with zero attached hydrogens (tertiary/aromatic N) is 1. The van der Waals surface area contributed by atoms with Crippen molar-refractivity contribution in [2.24, 2.45) is 0 Å². The second-order valence-electron chi connectivity index (χ2n) is 4.25. The van der Waals surface area contributed by atoms with Gasteiger partial charge in [0.15, 0.2) is 5.89 Å². The van der Waals surface area contributed by atoms with Gasteiger partial charge in [-0.2, -0.15) is 0 Å². The molecule has 0 atom stereocenters. The Morgan fingerprint density at radius 2 is 1.88 bits per heavy atom. The average Bonchev–Trinajstić information content (AvgIpc) is 2.63. The topological polar surface area (TPSA) is 46.3 Å². The molecular formula is C14H17NO2. The van der Waals surface area contributed by atoms with Gasteiger partial charge in [-0.05, 0) is 19.4 Å². The summed E-state index contributed by atoms with van der Waals surface area (Å²) in [6.45, 7) is 4.07. The highest BCUT2D eigenvalue weighted by atomic mass is 16.4. The van der Waals surface area contributed by atoms with E-state index in [1.807, 2.05) is 6.92 Å². The second-order valence-corrected chi connectivity index (χ2v) is 4.25. The Balaban J connectivity index is 2.13. The standard InChI is InChI=1S/C14H17NO2/c1-10-3-5-12(6-4-10)9-14-15-11(2)13(17-14)7-8-16/h3-6,16H,7-9H2,1-2H3. The van der Waals surface area contributed by atoms with E-state index in [1.54, 1.807) is 0 Å². The summed E-state index contributed by atoms with van der Waals surface area (Å²) in [5.41, 5.74) is 3.31. The summed E-state index contributed by atoms with van der Waals surface area (Å²) >= 11 is 0. The molecule has 2 aromatic rings. The van der Waals surface area contributed by atoms with E-state index in [1.165, 1.54) is 11.1 Å². The Bertz CT molecular complexity index is 485. The van der Waals surface area contributed by atoms with E-state index < -0.39 is 0 Å². The molecule has 0 saturated carbocycles. The van der Waals surface area contributed by atoms with Crippen LogP contribution in [0.5, 0.6) is 0 Å². The van der Waals surface area contributed by atoms with E-state index in [9.17, 15) is 0 Å². The van der Waals surface area contributed by atoms with Crippen LogP contribution in [0.1, 0.15) is 28.5 Å². The van der Waals surface area contributed by atoms with Gasteiger partial charge in [0.2, 0.25) is 0 Å². The SMILES string of the molecule is Cc1ccc(Cc2nc(C)c(CCO)o2)cc1. The number of aliphatic hydroxyl groups excluding tert-OH is 1. The maximum absolute atomic E-state index is 8.89. The molecule has 0 radical (unpaired) electrons. The molecule has 90 valence electrons. The maximum Gasteiger partial charge on any atom is 0.199 e. The Hall–Kier alpha value is -1.61. The molecule has 0 saturated heterocycles. The first-order valence-electron chi connectivity index (χ1n) is 5.80. The van der Waals surface area contributed by atoms with Gasteiger partial charge in [0.25, 0.3) is 0 Å². The summed E-state index contributed by atoms with van der Waals surface area (Å²) in [7, 11) is 0. The van der Waals surface area contributed by atoms with Crippen LogP contribution >= 0.6 is 0 Å². The molecule has 3 heteroatoms. The van der Waals surface area contributed by atoms with Crippen LogP contribution in [-0.4, -0.2) is 16.7 Å². The number of hydrogen-bond acceptors (Lipinski definition) is 3. The third kappa shape index (κ3) is 2.94. The molecule has 2 rings (SSSR count). The summed E-state index contributed by atoms with van der Waals surface area (Å²) in [4.78, 5) is 4.37. The Morgan fingerprint density at radius 1 is 1.18 bits per heavy atom. The molecule has 0 spiro atoms. The monoisotopic (exact) mass is 231 g/mol. The van der Waals surface area contributed by atoms with E-state index in [0.29, 0.717) is 12.8 Å². The quantitative estimate of drug-likeness (QED) is 0.879. The molecule has 17 heavy (non-hydrogen) atoms. The zero-order valence-corrected chi connectivity index (χ0v) is 10.2. The molecular weight excluding hydrogens is 214 g/mol. The molecule has 1 N–H and O–H groups in total. The lowest BCUT2D eigenvalue weighted by molar-refractivity contribution is 0.285. The predicted octanol–water partition coefficient (Wildman–Crippen LogP) is 2.42. The highest BCUT2D eigenvalue weighted by Crippen LogP contribution is 2.15. The third-order valence-electron chi connectivity index (χ3n) is 2.75. The minimum absolute atomic E-state index is 0.0972. The molecule has 0 aliphatic rings. The second kappa shape index (κ2) is 5.15. The van der Waals surface area contributed by atoms with Crippen LogP contribution in [0.2, 0.25) is 0 Å². The zero-order chi connectivity index (χ0) is 12.3. The lowest BCUT2D eigenvalue weighted by Crippen LogP contribution is -1.89. The van der Waals surface area contributed by atoms with Crippen molar-refractivity contribution in [1.82, 2.24) is 4.98 Å². The van der Waals surface area contributed by atoms with Gasteiger partial charge < -0.3 is 9.52 Å². The van der Waals surface area contributed by atoms with Crippen molar-refractivity contribution in [1.29, 1.82) is 0 Å². The van der Waals surface area contributed by atoms with Crippen molar-refractivity contribution in [2.75, 3.05) is 6.61 Å². The van der Waals surface area contributed by atoms with Crippen molar-refractivity contribution in [2.45, 2.75) is 26.7 Å². The van der Waals surface area contributed by atoms with E-state index in [4.69, 9.17) is 9.52 Å². The highest BCUT2D eigenvalue weighted by Gasteiger charge is 2.09. The number of aliphatic hydroxyl groups is 1. The first-order chi connectivity index (χ1) is 8.19. The first-order valence-corrected chi connectivity index (χ1v) is 5.80. The molecule has 0 aliphatic heterocycles. The van der Waals surface area contributed by atoms with Crippen LogP contribution < -0.4 is 0 Å². The fourth-order valence-corrected chi connectivity index (χ4v) is 1.78. The average molecular weight is 231 g/mol. The van der Waals surface area contributed by atoms with Crippen LogP contribution in [-0.2, 0) is 12.8 Å². The molecule has 0 unspecified atom stereocenters. The zero-order valence-electron chi connectivity index (χ0n) is 10.2. The number of aromatic nitrogens is 1. The maximum atomic E-state index is 8.89. The number of rotatable bonds is 4. The normalized spacial score (nSPS) is 10.8. The van der Waals surface area contributed by atoms with Gasteiger partial charge in [-0.3, -0.25) is 0 Å². The fraction of sp³-hybridized carbons (Fsp3) is 0.357. The van der Waals surface area contributed by atoms with E-state index in [0.717, 1.165) is 17.3 Å². The van der Waals surface area contributed by atoms with Crippen LogP contribution in [0.15, 0.2) is 28.7 Å². The van der Waals surface area contributed by atoms with Crippen LogP contribution in [0.4, 0.5) is 0 Å². The lowest BCUT2D eigenvalue weighted by atomic mass is 10.1. The van der Waals surface area contributed by atoms with Crippen molar-refractivity contribution in [3.8, 4) is 0 Å². The number of benzene rings is 1. The third-order valence-corrected chi connectivity index (χ3v) is 2.75. The molecule has 1 heterocycles. The summed E-state index contributed by atoms with van der Waals surface area (Å²) < 4.78 is 5.62. The first kappa shape index (κ1) is 11.9. The molecule has 0 aliphatic carbocycles. The van der Waals surface area contributed by atoms with Crippen LogP contribution in [0, 0.1) is 13.8 Å². The van der Waals surface area contributed by atoms with Gasteiger partial charge in [-0.25, -0.2) is 4.98 Å². The molecule has 0 bridgehead atoms. The van der Waals surface area contributed by atoms with Gasteiger partial charge in [0, 0.05) is 12.8 Å². The van der Waals surface area contributed by atoms with Crippen LogP contribution in [0.25, 0.3) is 0 Å². The largest absolute Gasteiger partial charge is 0.445 e. The predicted molar refractivity (Wildman–Crippen MR) is 66.0 cm³/mol. The Kier molecular flexibility index (Phi) is 3.59. The molecule has 3 nitrogen and oxygen atoms in total. The van der Waals surface area contributed by atoms with E-state index >= 15 is 0 Å². The van der Waals surface area contributed by atoms with Gasteiger partial charge in [-0.15, -0.1) is 0 Å². The molecule has 0 amide bonds. The minimum Gasteiger partial charge on any atom is -0.445 e. The fourth-order valence-electron chi connectivity index (χ4n) is 1.78. The van der Waals surface area contributed by atoms with Crippen molar-refractivity contribution in [3.63, 3.8) is 0 Å². The van der Waals surface area contributed by atoms with Crippen molar-refractivity contribution in [3.05, 3.63) is 52.7 Å². The number of hydrogen-bond donors (Lipinski definition) is 1. The minimum atomic E-state index is 0.0972. The van der Waals surface area contributed by atoms with Crippen molar-refractivity contribution < 1.29 is 9.52 Å². The Morgan fingerprint density at radius 3 is 2.53 bits per heavy atom. The summed E-state index contributed by atoms with van der Waals surface area (Å²) in [6.07, 6.45) is 1.24. The Labute approximate surface area is 101 Å². The molecule has 1 aromatic heterocycles. The van der Waals surface area contributed by atoms with Crippen LogP contribution in [0.3, 0.4) is 0 Å². The summed E-state index contributed by atoms with van der Waals surface area (Å²) in [6, 6.07) is 8.33. The van der Waals surface area contributed by atoms with Gasteiger partial charge in [-0.1, -0.05) is 29.8 Å². The van der Waals surface area contributed by atoms with Gasteiger partial charge >= 0.3 is 0 Å². The lowest BCUT2D eigenvalue weighted by Gasteiger charge is -1.98. The smallest absolute Gasteiger partial charge is 0.199 e. The van der Waals surface area contributed by atoms with Gasteiger partial charge in [0.1, 0.15) is 5.76 Å². The summed E-state index contributed by atoms with van der Waals surface area (Å²) in [5, 5.41) is 8.89. The highest BCUT2D eigenvalue weighted by molar-refractivity contribution is 5.24. The number of aryl methyl sites for hydroxylation is 2. The van der Waals surface area contributed by atoms with Crippen molar-refractivity contribution >= 4 is 0 Å². The molecule has 1 aromatic carbocycles. The molecule has 0 fully saturated rings. The van der Waals surface area contributed by atoms with E-state index in [-0.39, 0.29) is 6.61 Å². The van der Waals surface area contributed by atoms with E-state index in [2.05, 4.69) is 36.2 Å². The van der Waals surface area contributed by atoms with Gasteiger partial charge in [0.05, 0.1) is 12.3 Å².